The van der Waals surface area contributed by atoms with Crippen LogP contribution in [0.4, 0.5) is 5.88 Å². The second-order valence-electron chi connectivity index (χ2n) is 6.09. The molecule has 130 valence electrons. The number of halogens is 1. The highest BCUT2D eigenvalue weighted by atomic mass is 35.5. The molecule has 1 N–H and O–H groups in total. The summed E-state index contributed by atoms with van der Waals surface area (Å²) < 4.78 is 10.9. The summed E-state index contributed by atoms with van der Waals surface area (Å²) in [5.41, 5.74) is 4.04. The number of amides is 1. The van der Waals surface area contributed by atoms with Crippen molar-refractivity contribution in [1.82, 2.24) is 5.16 Å². The Hall–Kier alpha value is -3.05. The Labute approximate surface area is 154 Å². The number of hydrogen-bond donors (Lipinski definition) is 1. The maximum Gasteiger partial charge on any atom is 0.294 e. The number of furan rings is 1. The molecule has 5 nitrogen and oxygen atoms in total. The van der Waals surface area contributed by atoms with Crippen molar-refractivity contribution in [3.05, 3.63) is 70.4 Å². The van der Waals surface area contributed by atoms with Gasteiger partial charge in [0.25, 0.3) is 5.91 Å². The van der Waals surface area contributed by atoms with E-state index in [1.165, 1.54) is 0 Å². The predicted octanol–water partition coefficient (Wildman–Crippen LogP) is 5.61. The first-order valence-electron chi connectivity index (χ1n) is 8.05. The van der Waals surface area contributed by atoms with Crippen LogP contribution in [0.2, 0.25) is 5.02 Å². The zero-order valence-electron chi connectivity index (χ0n) is 14.2. The lowest BCUT2D eigenvalue weighted by Crippen LogP contribution is -2.11. The van der Waals surface area contributed by atoms with Gasteiger partial charge in [-0.25, -0.2) is 0 Å². The summed E-state index contributed by atoms with van der Waals surface area (Å²) in [4.78, 5) is 12.6. The minimum Gasteiger partial charge on any atom is -0.451 e. The zero-order chi connectivity index (χ0) is 18.3. The summed E-state index contributed by atoms with van der Waals surface area (Å²) in [7, 11) is 0. The van der Waals surface area contributed by atoms with Gasteiger partial charge in [0.05, 0.1) is 0 Å². The number of nitrogens with one attached hydrogen (secondary N) is 1. The molecule has 0 aliphatic rings. The van der Waals surface area contributed by atoms with Gasteiger partial charge in [0, 0.05) is 27.6 Å². The topological polar surface area (TPSA) is 68.3 Å². The fraction of sp³-hybridized carbons (Fsp3) is 0.100. The molecule has 0 unspecified atom stereocenters. The van der Waals surface area contributed by atoms with Crippen molar-refractivity contribution in [3.8, 4) is 11.3 Å². The van der Waals surface area contributed by atoms with Gasteiger partial charge in [0.1, 0.15) is 11.3 Å². The van der Waals surface area contributed by atoms with Crippen LogP contribution in [0.1, 0.15) is 21.7 Å². The molecule has 2 heterocycles. The van der Waals surface area contributed by atoms with Crippen LogP contribution in [0.3, 0.4) is 0 Å². The third-order valence-electron chi connectivity index (χ3n) is 4.20. The lowest BCUT2D eigenvalue weighted by Gasteiger charge is -1.98. The van der Waals surface area contributed by atoms with Crippen molar-refractivity contribution in [2.24, 2.45) is 0 Å². The lowest BCUT2D eigenvalue weighted by atomic mass is 10.1. The molecular formula is C20H15ClN2O3. The van der Waals surface area contributed by atoms with Gasteiger partial charge >= 0.3 is 0 Å². The molecule has 0 aliphatic heterocycles. The fourth-order valence-corrected chi connectivity index (χ4v) is 2.94. The summed E-state index contributed by atoms with van der Waals surface area (Å²) in [5, 5.41) is 8.08. The van der Waals surface area contributed by atoms with Crippen LogP contribution in [0.5, 0.6) is 0 Å². The van der Waals surface area contributed by atoms with Crippen LogP contribution >= 0.6 is 11.6 Å². The Morgan fingerprint density at radius 2 is 1.85 bits per heavy atom. The Kier molecular flexibility index (Phi) is 4.01. The van der Waals surface area contributed by atoms with E-state index in [-0.39, 0.29) is 11.6 Å². The van der Waals surface area contributed by atoms with Crippen LogP contribution < -0.4 is 5.32 Å². The number of carbonyl (C=O) groups is 1. The first-order valence-corrected chi connectivity index (χ1v) is 8.43. The quantitative estimate of drug-likeness (QED) is 0.511. The average Bonchev–Trinajstić information content (AvgIpc) is 3.21. The third-order valence-corrected chi connectivity index (χ3v) is 4.43. The van der Waals surface area contributed by atoms with Gasteiger partial charge in [-0.3, -0.25) is 10.1 Å². The second kappa shape index (κ2) is 6.35. The number of fused-ring (bicyclic) bond motifs is 1. The number of rotatable bonds is 3. The Bertz CT molecular complexity index is 1110. The second-order valence-corrected chi connectivity index (χ2v) is 6.53. The monoisotopic (exact) mass is 366 g/mol. The molecule has 4 rings (SSSR count). The summed E-state index contributed by atoms with van der Waals surface area (Å²) in [5.74, 6) is 0.0699. The Morgan fingerprint density at radius 1 is 1.08 bits per heavy atom. The molecule has 6 heteroatoms. The molecular weight excluding hydrogens is 352 g/mol. The highest BCUT2D eigenvalue weighted by molar-refractivity contribution is 6.31. The minimum atomic E-state index is -0.401. The molecule has 0 bridgehead atoms. The number of hydrogen-bond acceptors (Lipinski definition) is 4. The van der Waals surface area contributed by atoms with Gasteiger partial charge in [0.2, 0.25) is 5.88 Å². The van der Waals surface area contributed by atoms with Crippen LogP contribution in [-0.2, 0) is 0 Å². The van der Waals surface area contributed by atoms with E-state index in [4.69, 9.17) is 20.5 Å². The van der Waals surface area contributed by atoms with Crippen LogP contribution in [0, 0.1) is 13.8 Å². The smallest absolute Gasteiger partial charge is 0.294 e. The van der Waals surface area contributed by atoms with Gasteiger partial charge < -0.3 is 8.94 Å². The maximum absolute atomic E-state index is 12.6. The largest absolute Gasteiger partial charge is 0.451 e. The molecule has 0 spiro atoms. The normalized spacial score (nSPS) is 11.0. The SMILES string of the molecule is Cc1ccc(-c2cc(NC(=O)c3oc4ccc(Cl)cc4c3C)on2)cc1. The van der Waals surface area contributed by atoms with Gasteiger partial charge in [-0.05, 0) is 32.0 Å². The highest BCUT2D eigenvalue weighted by Gasteiger charge is 2.19. The summed E-state index contributed by atoms with van der Waals surface area (Å²) in [6.07, 6.45) is 0. The molecule has 0 radical (unpaired) electrons. The predicted molar refractivity (Wildman–Crippen MR) is 101 cm³/mol. The molecule has 26 heavy (non-hydrogen) atoms. The van der Waals surface area contributed by atoms with E-state index in [1.54, 1.807) is 24.3 Å². The van der Waals surface area contributed by atoms with Gasteiger partial charge in [-0.2, -0.15) is 0 Å². The highest BCUT2D eigenvalue weighted by Crippen LogP contribution is 2.29. The van der Waals surface area contributed by atoms with Crippen molar-refractivity contribution in [3.63, 3.8) is 0 Å². The third kappa shape index (κ3) is 2.97. The number of aromatic nitrogens is 1. The van der Waals surface area contributed by atoms with Gasteiger partial charge in [-0.1, -0.05) is 46.6 Å². The zero-order valence-corrected chi connectivity index (χ0v) is 14.9. The molecule has 1 amide bonds. The molecule has 0 saturated carbocycles. The number of nitrogens with zero attached hydrogens (tertiary/aromatic N) is 1. The van der Waals surface area contributed by atoms with Crippen molar-refractivity contribution in [2.45, 2.75) is 13.8 Å². The molecule has 2 aromatic carbocycles. The first kappa shape index (κ1) is 16.4. The maximum atomic E-state index is 12.6. The number of carbonyl (C=O) groups excluding carboxylic acids is 1. The molecule has 0 atom stereocenters. The van der Waals surface area contributed by atoms with E-state index in [9.17, 15) is 4.79 Å². The molecule has 0 fully saturated rings. The number of anilines is 1. The molecule has 4 aromatic rings. The van der Waals surface area contributed by atoms with Crippen LogP contribution in [0.15, 0.2) is 57.5 Å². The summed E-state index contributed by atoms with van der Waals surface area (Å²) in [6, 6.07) is 14.8. The minimum absolute atomic E-state index is 0.218. The van der Waals surface area contributed by atoms with Gasteiger partial charge in [-0.15, -0.1) is 0 Å². The van der Waals surface area contributed by atoms with Crippen molar-refractivity contribution in [2.75, 3.05) is 5.32 Å². The Morgan fingerprint density at radius 3 is 2.62 bits per heavy atom. The van der Waals surface area contributed by atoms with E-state index in [2.05, 4.69) is 10.5 Å². The van der Waals surface area contributed by atoms with Crippen LogP contribution in [-0.4, -0.2) is 11.1 Å². The number of aryl methyl sites for hydroxylation is 2. The first-order chi connectivity index (χ1) is 12.5. The van der Waals surface area contributed by atoms with Gasteiger partial charge in [0.15, 0.2) is 5.76 Å². The van der Waals surface area contributed by atoms with E-state index >= 15 is 0 Å². The summed E-state index contributed by atoms with van der Waals surface area (Å²) in [6.45, 7) is 3.83. The van der Waals surface area contributed by atoms with Crippen LogP contribution in [0.25, 0.3) is 22.2 Å². The number of benzene rings is 2. The summed E-state index contributed by atoms with van der Waals surface area (Å²) >= 11 is 6.01. The Balaban J connectivity index is 1.59. The van der Waals surface area contributed by atoms with Crippen molar-refractivity contribution >= 4 is 34.4 Å². The fourth-order valence-electron chi connectivity index (χ4n) is 2.77. The lowest BCUT2D eigenvalue weighted by molar-refractivity contribution is 0.0994. The van der Waals surface area contributed by atoms with E-state index in [1.807, 2.05) is 38.1 Å². The van der Waals surface area contributed by atoms with E-state index < -0.39 is 5.91 Å². The van der Waals surface area contributed by atoms with Crippen molar-refractivity contribution < 1.29 is 13.7 Å². The van der Waals surface area contributed by atoms with Crippen molar-refractivity contribution in [1.29, 1.82) is 0 Å². The molecule has 2 aromatic heterocycles. The van der Waals surface area contributed by atoms with E-state index in [0.29, 0.717) is 16.3 Å². The molecule has 0 aliphatic carbocycles. The standard InChI is InChI=1S/C20H15ClN2O3/c1-11-3-5-13(6-4-11)16-10-18(26-23-16)22-20(24)19-12(2)15-9-14(21)7-8-17(15)25-19/h3-10H,1-2H3,(H,22,24). The average molecular weight is 367 g/mol. The molecule has 0 saturated heterocycles. The van der Waals surface area contributed by atoms with E-state index in [0.717, 1.165) is 22.1 Å².